The molecule has 1 aliphatic carbocycles. The zero-order valence-corrected chi connectivity index (χ0v) is 19.5. The standard InChI is InChI=1S/C27H31NO5/c1-4-17-10-12-18(13-11-17)24-23(25(29)19-14-15-21(32-2)22(16-19)33-3)26(30)27(31)28(24)20-8-6-5-7-9-20/h10-16,20,24,29H,4-9H2,1-3H3/b25-23-. The first-order valence-electron chi connectivity index (χ1n) is 11.6. The minimum absolute atomic E-state index is 0.0123. The minimum atomic E-state index is -0.641. The maximum atomic E-state index is 13.3. The lowest BCUT2D eigenvalue weighted by atomic mass is 9.90. The van der Waals surface area contributed by atoms with Crippen LogP contribution in [0.25, 0.3) is 5.76 Å². The Hall–Kier alpha value is -3.28. The zero-order valence-electron chi connectivity index (χ0n) is 19.5. The van der Waals surface area contributed by atoms with Gasteiger partial charge in [0.1, 0.15) is 5.76 Å². The van der Waals surface area contributed by atoms with E-state index in [1.54, 1.807) is 23.1 Å². The second-order valence-corrected chi connectivity index (χ2v) is 8.66. The van der Waals surface area contributed by atoms with Crippen molar-refractivity contribution in [3.63, 3.8) is 0 Å². The Morgan fingerprint density at radius 1 is 0.970 bits per heavy atom. The van der Waals surface area contributed by atoms with Gasteiger partial charge in [-0.25, -0.2) is 0 Å². The smallest absolute Gasteiger partial charge is 0.295 e. The van der Waals surface area contributed by atoms with Crippen LogP contribution in [0.2, 0.25) is 0 Å². The van der Waals surface area contributed by atoms with Gasteiger partial charge < -0.3 is 19.5 Å². The van der Waals surface area contributed by atoms with E-state index in [0.717, 1.165) is 44.1 Å². The van der Waals surface area contributed by atoms with E-state index in [0.29, 0.717) is 17.1 Å². The van der Waals surface area contributed by atoms with Gasteiger partial charge in [-0.1, -0.05) is 50.5 Å². The molecule has 1 unspecified atom stereocenters. The van der Waals surface area contributed by atoms with E-state index in [9.17, 15) is 14.7 Å². The summed E-state index contributed by atoms with van der Waals surface area (Å²) >= 11 is 0. The molecule has 0 radical (unpaired) electrons. The van der Waals surface area contributed by atoms with Crippen LogP contribution in [0, 0.1) is 0 Å². The topological polar surface area (TPSA) is 76.1 Å². The average Bonchev–Trinajstić information content (AvgIpc) is 3.13. The van der Waals surface area contributed by atoms with Crippen molar-refractivity contribution in [1.82, 2.24) is 4.90 Å². The van der Waals surface area contributed by atoms with Crippen LogP contribution in [-0.2, 0) is 16.0 Å². The fourth-order valence-corrected chi connectivity index (χ4v) is 4.99. The van der Waals surface area contributed by atoms with Gasteiger partial charge in [-0.2, -0.15) is 0 Å². The first kappa shape index (κ1) is 22.9. The summed E-state index contributed by atoms with van der Waals surface area (Å²) in [5, 5.41) is 11.3. The molecular formula is C27H31NO5. The zero-order chi connectivity index (χ0) is 23.5. The minimum Gasteiger partial charge on any atom is -0.507 e. The van der Waals surface area contributed by atoms with Crippen molar-refractivity contribution in [1.29, 1.82) is 0 Å². The normalized spacial score (nSPS) is 20.8. The third kappa shape index (κ3) is 4.22. The van der Waals surface area contributed by atoms with Gasteiger partial charge in [-0.05, 0) is 48.6 Å². The van der Waals surface area contributed by atoms with E-state index in [2.05, 4.69) is 6.92 Å². The summed E-state index contributed by atoms with van der Waals surface area (Å²) in [6.07, 6.45) is 5.84. The highest BCUT2D eigenvalue weighted by atomic mass is 16.5. The van der Waals surface area contributed by atoms with E-state index < -0.39 is 17.7 Å². The number of likely N-dealkylation sites (tertiary alicyclic amines) is 1. The van der Waals surface area contributed by atoms with Crippen molar-refractivity contribution in [2.75, 3.05) is 14.2 Å². The van der Waals surface area contributed by atoms with E-state index in [4.69, 9.17) is 9.47 Å². The molecule has 1 amide bonds. The molecule has 0 aromatic heterocycles. The molecule has 4 rings (SSSR count). The number of nitrogens with zero attached hydrogens (tertiary/aromatic N) is 1. The molecule has 2 aromatic rings. The number of rotatable bonds is 6. The number of aliphatic hydroxyl groups excluding tert-OH is 1. The molecule has 2 aliphatic rings. The fourth-order valence-electron chi connectivity index (χ4n) is 4.99. The summed E-state index contributed by atoms with van der Waals surface area (Å²) in [7, 11) is 3.05. The molecule has 1 aliphatic heterocycles. The van der Waals surface area contributed by atoms with Crippen molar-refractivity contribution in [2.45, 2.75) is 57.5 Å². The van der Waals surface area contributed by atoms with Crippen LogP contribution < -0.4 is 9.47 Å². The number of benzene rings is 2. The average molecular weight is 450 g/mol. The van der Waals surface area contributed by atoms with Crippen molar-refractivity contribution < 1.29 is 24.2 Å². The monoisotopic (exact) mass is 449 g/mol. The molecule has 1 saturated carbocycles. The van der Waals surface area contributed by atoms with Gasteiger partial charge in [-0.15, -0.1) is 0 Å². The second kappa shape index (κ2) is 9.69. The van der Waals surface area contributed by atoms with Gasteiger partial charge in [0.05, 0.1) is 25.8 Å². The number of methoxy groups -OCH3 is 2. The predicted molar refractivity (Wildman–Crippen MR) is 126 cm³/mol. The first-order valence-corrected chi connectivity index (χ1v) is 11.6. The highest BCUT2D eigenvalue weighted by molar-refractivity contribution is 6.46. The molecule has 0 bridgehead atoms. The van der Waals surface area contributed by atoms with Crippen LogP contribution in [0.3, 0.4) is 0 Å². The summed E-state index contributed by atoms with van der Waals surface area (Å²) in [6, 6.07) is 12.3. The lowest BCUT2D eigenvalue weighted by molar-refractivity contribution is -0.141. The lowest BCUT2D eigenvalue weighted by Crippen LogP contribution is -2.40. The van der Waals surface area contributed by atoms with Crippen molar-refractivity contribution in [3.05, 3.63) is 64.7 Å². The van der Waals surface area contributed by atoms with Crippen LogP contribution in [0.1, 0.15) is 61.8 Å². The Morgan fingerprint density at radius 2 is 1.64 bits per heavy atom. The summed E-state index contributed by atoms with van der Waals surface area (Å²) in [5.41, 5.74) is 2.54. The number of ether oxygens (including phenoxy) is 2. The molecular weight excluding hydrogens is 418 g/mol. The number of aryl methyl sites for hydroxylation is 1. The highest BCUT2D eigenvalue weighted by Crippen LogP contribution is 2.43. The van der Waals surface area contributed by atoms with E-state index in [1.165, 1.54) is 19.8 Å². The molecule has 2 fully saturated rings. The third-order valence-electron chi connectivity index (χ3n) is 6.81. The quantitative estimate of drug-likeness (QED) is 0.381. The number of hydrogen-bond donors (Lipinski definition) is 1. The molecule has 1 heterocycles. The second-order valence-electron chi connectivity index (χ2n) is 8.66. The molecule has 0 spiro atoms. The van der Waals surface area contributed by atoms with Gasteiger partial charge in [0, 0.05) is 11.6 Å². The summed E-state index contributed by atoms with van der Waals surface area (Å²) in [5.74, 6) is -0.418. The van der Waals surface area contributed by atoms with Crippen LogP contribution in [0.15, 0.2) is 48.0 Å². The molecule has 6 nitrogen and oxygen atoms in total. The Labute approximate surface area is 194 Å². The lowest BCUT2D eigenvalue weighted by Gasteiger charge is -2.35. The van der Waals surface area contributed by atoms with E-state index in [1.807, 2.05) is 24.3 Å². The Bertz CT molecular complexity index is 1070. The predicted octanol–water partition coefficient (Wildman–Crippen LogP) is 5.02. The summed E-state index contributed by atoms with van der Waals surface area (Å²) in [6.45, 7) is 2.08. The fraction of sp³-hybridized carbons (Fsp3) is 0.407. The third-order valence-corrected chi connectivity index (χ3v) is 6.81. The number of aliphatic hydroxyl groups is 1. The molecule has 1 atom stereocenters. The molecule has 1 N–H and O–H groups in total. The van der Waals surface area contributed by atoms with Gasteiger partial charge in [0.15, 0.2) is 11.5 Å². The molecule has 2 aromatic carbocycles. The van der Waals surface area contributed by atoms with E-state index in [-0.39, 0.29) is 17.4 Å². The van der Waals surface area contributed by atoms with Gasteiger partial charge in [-0.3, -0.25) is 9.59 Å². The number of carbonyl (C=O) groups is 2. The van der Waals surface area contributed by atoms with Crippen molar-refractivity contribution in [3.8, 4) is 11.5 Å². The van der Waals surface area contributed by atoms with Gasteiger partial charge in [0.25, 0.3) is 11.7 Å². The number of carbonyl (C=O) groups excluding carboxylic acids is 2. The number of ketones is 1. The first-order chi connectivity index (χ1) is 16.0. The SMILES string of the molecule is CCc1ccc(C2/C(=C(/O)c3ccc(OC)c(OC)c3)C(=O)C(=O)N2C2CCCCC2)cc1. The molecule has 6 heteroatoms. The number of hydrogen-bond acceptors (Lipinski definition) is 5. The summed E-state index contributed by atoms with van der Waals surface area (Å²) in [4.78, 5) is 28.3. The van der Waals surface area contributed by atoms with Gasteiger partial charge in [0.2, 0.25) is 0 Å². The van der Waals surface area contributed by atoms with Gasteiger partial charge >= 0.3 is 0 Å². The van der Waals surface area contributed by atoms with Crippen LogP contribution in [0.4, 0.5) is 0 Å². The van der Waals surface area contributed by atoms with Crippen LogP contribution in [-0.4, -0.2) is 42.0 Å². The molecule has 33 heavy (non-hydrogen) atoms. The van der Waals surface area contributed by atoms with Crippen LogP contribution in [0.5, 0.6) is 11.5 Å². The Morgan fingerprint density at radius 3 is 2.24 bits per heavy atom. The van der Waals surface area contributed by atoms with Crippen LogP contribution >= 0.6 is 0 Å². The van der Waals surface area contributed by atoms with Crippen molar-refractivity contribution >= 4 is 17.4 Å². The maximum absolute atomic E-state index is 13.3. The summed E-state index contributed by atoms with van der Waals surface area (Å²) < 4.78 is 10.7. The van der Waals surface area contributed by atoms with E-state index >= 15 is 0 Å². The van der Waals surface area contributed by atoms with Crippen molar-refractivity contribution in [2.24, 2.45) is 0 Å². The largest absolute Gasteiger partial charge is 0.507 e. The maximum Gasteiger partial charge on any atom is 0.295 e. The Kier molecular flexibility index (Phi) is 6.72. The molecule has 174 valence electrons. The Balaban J connectivity index is 1.86. The number of Topliss-reactive ketones (excluding diaryl/α,β-unsaturated/α-hetero) is 1. The molecule has 1 saturated heterocycles. The highest BCUT2D eigenvalue weighted by Gasteiger charge is 2.48. The number of amides is 1.